The number of ether oxygens (including phenoxy) is 1. The van der Waals surface area contributed by atoms with Crippen LogP contribution in [0, 0.1) is 13.8 Å². The largest absolute Gasteiger partial charge is 0.390 e. The molecule has 3 heteroatoms. The maximum atomic E-state index is 10.6. The van der Waals surface area contributed by atoms with Crippen LogP contribution in [0.1, 0.15) is 30.0 Å². The van der Waals surface area contributed by atoms with Crippen molar-refractivity contribution in [1.29, 1.82) is 0 Å². The van der Waals surface area contributed by atoms with Crippen LogP contribution in [0.2, 0.25) is 0 Å². The Labute approximate surface area is 116 Å². The van der Waals surface area contributed by atoms with Crippen molar-refractivity contribution in [1.82, 2.24) is 5.32 Å². The molecule has 0 aliphatic carbocycles. The zero-order valence-corrected chi connectivity index (χ0v) is 12.2. The van der Waals surface area contributed by atoms with Gasteiger partial charge in [-0.25, -0.2) is 0 Å². The Kier molecular flexibility index (Phi) is 4.61. The summed E-state index contributed by atoms with van der Waals surface area (Å²) in [6, 6.07) is 6.68. The lowest BCUT2D eigenvalue weighted by Crippen LogP contribution is -2.46. The van der Waals surface area contributed by atoms with E-state index in [1.54, 1.807) is 0 Å². The standard InChI is InChI=1S/C16H25NO2/c1-12-4-5-13(2)14(8-12)9-16(3,18)10-15-11-19-7-6-17-15/h4-5,8,15,17-18H,6-7,9-11H2,1-3H3. The molecule has 1 aromatic rings. The Morgan fingerprint density at radius 3 is 2.89 bits per heavy atom. The number of morpholine rings is 1. The zero-order chi connectivity index (χ0) is 13.9. The Bertz CT molecular complexity index is 423. The Morgan fingerprint density at radius 1 is 1.42 bits per heavy atom. The van der Waals surface area contributed by atoms with Crippen LogP contribution >= 0.6 is 0 Å². The molecule has 106 valence electrons. The first-order valence-electron chi connectivity index (χ1n) is 7.06. The molecular weight excluding hydrogens is 238 g/mol. The molecule has 19 heavy (non-hydrogen) atoms. The maximum Gasteiger partial charge on any atom is 0.0675 e. The minimum atomic E-state index is -0.698. The Balaban J connectivity index is 2.00. The van der Waals surface area contributed by atoms with Crippen molar-refractivity contribution in [2.75, 3.05) is 19.8 Å². The van der Waals surface area contributed by atoms with E-state index in [2.05, 4.69) is 37.4 Å². The minimum Gasteiger partial charge on any atom is -0.390 e. The number of aryl methyl sites for hydroxylation is 2. The summed E-state index contributed by atoms with van der Waals surface area (Å²) in [5, 5.41) is 14.0. The summed E-state index contributed by atoms with van der Waals surface area (Å²) in [4.78, 5) is 0. The highest BCUT2D eigenvalue weighted by atomic mass is 16.5. The lowest BCUT2D eigenvalue weighted by molar-refractivity contribution is 0.00642. The van der Waals surface area contributed by atoms with Crippen molar-refractivity contribution in [2.45, 2.75) is 45.3 Å². The van der Waals surface area contributed by atoms with Crippen LogP contribution in [0.3, 0.4) is 0 Å². The summed E-state index contributed by atoms with van der Waals surface area (Å²) in [6.07, 6.45) is 1.42. The average molecular weight is 263 g/mol. The molecule has 3 nitrogen and oxygen atoms in total. The zero-order valence-electron chi connectivity index (χ0n) is 12.2. The van der Waals surface area contributed by atoms with Crippen LogP contribution in [-0.4, -0.2) is 36.5 Å². The van der Waals surface area contributed by atoms with Gasteiger partial charge in [0.15, 0.2) is 0 Å². The molecule has 2 rings (SSSR count). The van der Waals surface area contributed by atoms with E-state index in [1.807, 2.05) is 6.92 Å². The van der Waals surface area contributed by atoms with Gasteiger partial charge in [0, 0.05) is 19.0 Å². The molecule has 1 fully saturated rings. The summed E-state index contributed by atoms with van der Waals surface area (Å²) in [5.74, 6) is 0. The third-order valence-corrected chi connectivity index (χ3v) is 3.76. The monoisotopic (exact) mass is 263 g/mol. The van der Waals surface area contributed by atoms with Crippen LogP contribution in [-0.2, 0) is 11.2 Å². The van der Waals surface area contributed by atoms with Gasteiger partial charge in [0.05, 0.1) is 18.8 Å². The molecule has 0 bridgehead atoms. The molecule has 0 aromatic heterocycles. The molecule has 0 radical (unpaired) electrons. The van der Waals surface area contributed by atoms with Crippen LogP contribution in [0.5, 0.6) is 0 Å². The number of nitrogens with one attached hydrogen (secondary N) is 1. The summed E-state index contributed by atoms with van der Waals surface area (Å²) in [6.45, 7) is 8.47. The number of hydrogen-bond acceptors (Lipinski definition) is 3. The van der Waals surface area contributed by atoms with Crippen LogP contribution in [0.4, 0.5) is 0 Å². The first kappa shape index (κ1) is 14.5. The molecule has 2 N–H and O–H groups in total. The lowest BCUT2D eigenvalue weighted by Gasteiger charge is -2.32. The van der Waals surface area contributed by atoms with E-state index in [-0.39, 0.29) is 6.04 Å². The van der Waals surface area contributed by atoms with Crippen LogP contribution in [0.25, 0.3) is 0 Å². The SMILES string of the molecule is Cc1ccc(C)c(CC(C)(O)CC2COCCN2)c1. The van der Waals surface area contributed by atoms with Crippen LogP contribution < -0.4 is 5.32 Å². The molecule has 1 aliphatic rings. The number of rotatable bonds is 4. The van der Waals surface area contributed by atoms with E-state index < -0.39 is 5.60 Å². The van der Waals surface area contributed by atoms with E-state index in [0.717, 1.165) is 19.6 Å². The fraction of sp³-hybridized carbons (Fsp3) is 0.625. The van der Waals surface area contributed by atoms with Gasteiger partial charge >= 0.3 is 0 Å². The molecule has 1 saturated heterocycles. The molecule has 2 unspecified atom stereocenters. The van der Waals surface area contributed by atoms with Crippen molar-refractivity contribution in [3.05, 3.63) is 34.9 Å². The predicted octanol–water partition coefficient (Wildman–Crippen LogP) is 1.98. The normalized spacial score (nSPS) is 23.1. The minimum absolute atomic E-state index is 0.258. The quantitative estimate of drug-likeness (QED) is 0.873. The van der Waals surface area contributed by atoms with Gasteiger partial charge in [-0.05, 0) is 38.3 Å². The molecule has 1 aliphatic heterocycles. The molecule has 1 heterocycles. The Morgan fingerprint density at radius 2 is 2.21 bits per heavy atom. The van der Waals surface area contributed by atoms with Gasteiger partial charge < -0.3 is 15.2 Å². The van der Waals surface area contributed by atoms with Gasteiger partial charge in [-0.15, -0.1) is 0 Å². The Hall–Kier alpha value is -0.900. The smallest absolute Gasteiger partial charge is 0.0675 e. The topological polar surface area (TPSA) is 41.5 Å². The number of hydrogen-bond donors (Lipinski definition) is 2. The third kappa shape index (κ3) is 4.30. The maximum absolute atomic E-state index is 10.6. The van der Waals surface area contributed by atoms with Gasteiger partial charge in [0.1, 0.15) is 0 Å². The van der Waals surface area contributed by atoms with Crippen molar-refractivity contribution in [3.8, 4) is 0 Å². The van der Waals surface area contributed by atoms with Crippen molar-refractivity contribution in [2.24, 2.45) is 0 Å². The van der Waals surface area contributed by atoms with E-state index in [0.29, 0.717) is 13.0 Å². The number of aliphatic hydroxyl groups is 1. The fourth-order valence-corrected chi connectivity index (χ4v) is 2.75. The predicted molar refractivity (Wildman–Crippen MR) is 77.5 cm³/mol. The number of benzene rings is 1. The highest BCUT2D eigenvalue weighted by Crippen LogP contribution is 2.22. The van der Waals surface area contributed by atoms with Gasteiger partial charge in [0.25, 0.3) is 0 Å². The molecule has 0 amide bonds. The average Bonchev–Trinajstić information content (AvgIpc) is 2.34. The fourth-order valence-electron chi connectivity index (χ4n) is 2.75. The highest BCUT2D eigenvalue weighted by Gasteiger charge is 2.27. The summed E-state index contributed by atoms with van der Waals surface area (Å²) in [5.41, 5.74) is 3.03. The van der Waals surface area contributed by atoms with Crippen LogP contribution in [0.15, 0.2) is 18.2 Å². The van der Waals surface area contributed by atoms with Gasteiger partial charge in [-0.1, -0.05) is 23.8 Å². The van der Waals surface area contributed by atoms with Gasteiger partial charge in [0.2, 0.25) is 0 Å². The van der Waals surface area contributed by atoms with E-state index in [4.69, 9.17) is 4.74 Å². The van der Waals surface area contributed by atoms with Crippen molar-refractivity contribution in [3.63, 3.8) is 0 Å². The lowest BCUT2D eigenvalue weighted by atomic mass is 9.87. The third-order valence-electron chi connectivity index (χ3n) is 3.76. The van der Waals surface area contributed by atoms with E-state index in [9.17, 15) is 5.11 Å². The molecule has 2 atom stereocenters. The second-order valence-electron chi connectivity index (χ2n) is 6.03. The second kappa shape index (κ2) is 6.04. The van der Waals surface area contributed by atoms with E-state index >= 15 is 0 Å². The van der Waals surface area contributed by atoms with Crippen molar-refractivity contribution >= 4 is 0 Å². The highest BCUT2D eigenvalue weighted by molar-refractivity contribution is 5.31. The molecule has 1 aromatic carbocycles. The first-order valence-corrected chi connectivity index (χ1v) is 7.06. The summed E-state index contributed by atoms with van der Waals surface area (Å²) in [7, 11) is 0. The summed E-state index contributed by atoms with van der Waals surface area (Å²) < 4.78 is 5.45. The van der Waals surface area contributed by atoms with Crippen molar-refractivity contribution < 1.29 is 9.84 Å². The van der Waals surface area contributed by atoms with E-state index in [1.165, 1.54) is 16.7 Å². The summed E-state index contributed by atoms with van der Waals surface area (Å²) >= 11 is 0. The molecule has 0 saturated carbocycles. The van der Waals surface area contributed by atoms with Gasteiger partial charge in [-0.3, -0.25) is 0 Å². The molecule has 0 spiro atoms. The van der Waals surface area contributed by atoms with Gasteiger partial charge in [-0.2, -0.15) is 0 Å². The first-order chi connectivity index (χ1) is 8.96. The second-order valence-corrected chi connectivity index (χ2v) is 6.03. The molecular formula is C16H25NO2.